The lowest BCUT2D eigenvalue weighted by Crippen LogP contribution is -2.41. The monoisotopic (exact) mass is 317 g/mol. The number of amides is 2. The van der Waals surface area contributed by atoms with Crippen molar-refractivity contribution in [2.24, 2.45) is 0 Å². The van der Waals surface area contributed by atoms with E-state index in [1.807, 2.05) is 30.5 Å². The van der Waals surface area contributed by atoms with E-state index < -0.39 is 6.03 Å². The minimum Gasteiger partial charge on any atom is -0.394 e. The van der Waals surface area contributed by atoms with Crippen LogP contribution in [-0.4, -0.2) is 39.0 Å². The van der Waals surface area contributed by atoms with Gasteiger partial charge in [-0.15, -0.1) is 10.2 Å². The van der Waals surface area contributed by atoms with E-state index in [1.165, 1.54) is 16.8 Å². The van der Waals surface area contributed by atoms with E-state index >= 15 is 0 Å². The highest BCUT2D eigenvalue weighted by molar-refractivity contribution is 7.13. The minimum atomic E-state index is -0.407. The first kappa shape index (κ1) is 14.5. The fourth-order valence-corrected chi connectivity index (χ4v) is 2.71. The molecule has 4 N–H and O–H groups in total. The molecule has 2 amide bonds. The summed E-state index contributed by atoms with van der Waals surface area (Å²) in [7, 11) is 0. The number of rotatable bonds is 5. The standard InChI is InChI=1S/C14H15N5O2S/c20-7-10(17-13(21)18-14-19-16-8-22-14)5-9-6-15-12-4-2-1-3-11(9)12/h1-4,6,8,10,15,20H,5,7H2,(H2,17,18,19,21)/t10-/m1/s1. The number of benzene rings is 1. The van der Waals surface area contributed by atoms with E-state index in [4.69, 9.17) is 0 Å². The van der Waals surface area contributed by atoms with Gasteiger partial charge in [0.05, 0.1) is 12.6 Å². The molecule has 114 valence electrons. The number of nitrogens with one attached hydrogen (secondary N) is 3. The van der Waals surface area contributed by atoms with Crippen LogP contribution >= 0.6 is 11.3 Å². The average Bonchev–Trinajstić information content (AvgIpc) is 3.17. The number of carbonyl (C=O) groups is 1. The molecule has 0 aliphatic heterocycles. The van der Waals surface area contributed by atoms with E-state index in [0.29, 0.717) is 11.6 Å². The molecule has 8 heteroatoms. The zero-order valence-electron chi connectivity index (χ0n) is 11.6. The SMILES string of the molecule is O=C(Nc1nncs1)N[C@@H](CO)Cc1c[nH]c2ccccc12. The topological polar surface area (TPSA) is 103 Å². The van der Waals surface area contributed by atoms with E-state index in [-0.39, 0.29) is 12.6 Å². The molecule has 0 bridgehead atoms. The third kappa shape index (κ3) is 3.23. The van der Waals surface area contributed by atoms with Crippen molar-refractivity contribution in [1.29, 1.82) is 0 Å². The number of carbonyl (C=O) groups excluding carboxylic acids is 1. The van der Waals surface area contributed by atoms with Gasteiger partial charge in [-0.25, -0.2) is 4.79 Å². The molecule has 0 fully saturated rings. The second-order valence-corrected chi connectivity index (χ2v) is 5.62. The molecular weight excluding hydrogens is 302 g/mol. The van der Waals surface area contributed by atoms with Gasteiger partial charge in [-0.05, 0) is 18.1 Å². The van der Waals surface area contributed by atoms with Crippen LogP contribution in [0.25, 0.3) is 10.9 Å². The average molecular weight is 317 g/mol. The predicted octanol–water partition coefficient (Wildman–Crippen LogP) is 1.74. The van der Waals surface area contributed by atoms with Crippen LogP contribution in [0.15, 0.2) is 36.0 Å². The number of aliphatic hydroxyl groups is 1. The second-order valence-electron chi connectivity index (χ2n) is 4.79. The van der Waals surface area contributed by atoms with Crippen LogP contribution in [0.2, 0.25) is 0 Å². The van der Waals surface area contributed by atoms with Crippen molar-refractivity contribution in [3.8, 4) is 0 Å². The number of fused-ring (bicyclic) bond motifs is 1. The van der Waals surface area contributed by atoms with E-state index in [2.05, 4.69) is 25.8 Å². The van der Waals surface area contributed by atoms with E-state index in [0.717, 1.165) is 16.5 Å². The lowest BCUT2D eigenvalue weighted by Gasteiger charge is -2.15. The van der Waals surface area contributed by atoms with Crippen LogP contribution in [-0.2, 0) is 6.42 Å². The molecule has 0 spiro atoms. The van der Waals surface area contributed by atoms with Gasteiger partial charge in [0.25, 0.3) is 0 Å². The third-order valence-corrected chi connectivity index (χ3v) is 3.88. The van der Waals surface area contributed by atoms with Crippen molar-refractivity contribution in [3.05, 3.63) is 41.5 Å². The number of anilines is 1. The van der Waals surface area contributed by atoms with Crippen molar-refractivity contribution in [2.45, 2.75) is 12.5 Å². The first-order valence-electron chi connectivity index (χ1n) is 6.76. The molecular formula is C14H15N5O2S. The summed E-state index contributed by atoms with van der Waals surface area (Å²) in [6, 6.07) is 7.13. The Labute approximate surface area is 130 Å². The van der Waals surface area contributed by atoms with Crippen molar-refractivity contribution in [3.63, 3.8) is 0 Å². The summed E-state index contributed by atoms with van der Waals surface area (Å²) < 4.78 is 0. The molecule has 1 aromatic carbocycles. The lowest BCUT2D eigenvalue weighted by molar-refractivity contribution is 0.224. The van der Waals surface area contributed by atoms with Crippen LogP contribution in [0, 0.1) is 0 Å². The number of hydrogen-bond donors (Lipinski definition) is 4. The Morgan fingerprint density at radius 2 is 2.27 bits per heavy atom. The quantitative estimate of drug-likeness (QED) is 0.575. The van der Waals surface area contributed by atoms with Gasteiger partial charge in [-0.2, -0.15) is 0 Å². The number of urea groups is 1. The Morgan fingerprint density at radius 1 is 1.41 bits per heavy atom. The Bertz CT molecular complexity index is 756. The van der Waals surface area contributed by atoms with E-state index in [1.54, 1.807) is 0 Å². The zero-order valence-corrected chi connectivity index (χ0v) is 12.4. The van der Waals surface area contributed by atoms with Gasteiger partial charge < -0.3 is 15.4 Å². The van der Waals surface area contributed by atoms with Crippen molar-refractivity contribution >= 4 is 33.4 Å². The van der Waals surface area contributed by atoms with Crippen LogP contribution in [0.1, 0.15) is 5.56 Å². The van der Waals surface area contributed by atoms with Crippen molar-refractivity contribution in [2.75, 3.05) is 11.9 Å². The molecule has 0 saturated heterocycles. The maximum atomic E-state index is 11.9. The zero-order chi connectivity index (χ0) is 15.4. The fourth-order valence-electron chi connectivity index (χ4n) is 2.27. The van der Waals surface area contributed by atoms with Crippen LogP contribution in [0.5, 0.6) is 0 Å². The highest BCUT2D eigenvalue weighted by atomic mass is 32.1. The Kier molecular flexibility index (Phi) is 4.31. The number of para-hydroxylation sites is 1. The Morgan fingerprint density at radius 3 is 3.05 bits per heavy atom. The molecule has 0 radical (unpaired) electrons. The molecule has 7 nitrogen and oxygen atoms in total. The smallest absolute Gasteiger partial charge is 0.321 e. The number of aromatic amines is 1. The molecule has 22 heavy (non-hydrogen) atoms. The summed E-state index contributed by atoms with van der Waals surface area (Å²) in [5.74, 6) is 0. The second kappa shape index (κ2) is 6.54. The summed E-state index contributed by atoms with van der Waals surface area (Å²) in [5.41, 5.74) is 3.61. The van der Waals surface area contributed by atoms with Crippen LogP contribution < -0.4 is 10.6 Å². The molecule has 0 unspecified atom stereocenters. The van der Waals surface area contributed by atoms with Gasteiger partial charge in [0.2, 0.25) is 5.13 Å². The summed E-state index contributed by atoms with van der Waals surface area (Å²) in [6.07, 6.45) is 2.43. The molecule has 3 aromatic rings. The minimum absolute atomic E-state index is 0.150. The maximum Gasteiger partial charge on any atom is 0.321 e. The summed E-state index contributed by atoms with van der Waals surface area (Å²) in [6.45, 7) is -0.150. The van der Waals surface area contributed by atoms with Gasteiger partial charge in [0.1, 0.15) is 5.51 Å². The number of hydrogen-bond acceptors (Lipinski definition) is 5. The number of H-pyrrole nitrogens is 1. The highest BCUT2D eigenvalue weighted by Gasteiger charge is 2.15. The number of aliphatic hydroxyl groups excluding tert-OH is 1. The van der Waals surface area contributed by atoms with Gasteiger partial charge in [-0.3, -0.25) is 5.32 Å². The molecule has 0 aliphatic rings. The third-order valence-electron chi connectivity index (χ3n) is 3.28. The molecule has 3 rings (SSSR count). The molecule has 0 aliphatic carbocycles. The van der Waals surface area contributed by atoms with Gasteiger partial charge in [0, 0.05) is 17.1 Å². The Balaban J connectivity index is 1.65. The maximum absolute atomic E-state index is 11.9. The molecule has 0 saturated carbocycles. The molecule has 2 aromatic heterocycles. The van der Waals surface area contributed by atoms with Crippen molar-refractivity contribution in [1.82, 2.24) is 20.5 Å². The van der Waals surface area contributed by atoms with Crippen molar-refractivity contribution < 1.29 is 9.90 Å². The van der Waals surface area contributed by atoms with Crippen LogP contribution in [0.4, 0.5) is 9.93 Å². The number of nitrogens with zero attached hydrogens (tertiary/aromatic N) is 2. The van der Waals surface area contributed by atoms with Crippen LogP contribution in [0.3, 0.4) is 0 Å². The molecule has 1 atom stereocenters. The molecule has 2 heterocycles. The Hall–Kier alpha value is -2.45. The predicted molar refractivity (Wildman–Crippen MR) is 84.9 cm³/mol. The normalized spacial score (nSPS) is 12.2. The first-order valence-corrected chi connectivity index (χ1v) is 7.64. The van der Waals surface area contributed by atoms with Gasteiger partial charge in [0.15, 0.2) is 0 Å². The summed E-state index contributed by atoms with van der Waals surface area (Å²) in [5, 5.41) is 23.7. The van der Waals surface area contributed by atoms with Gasteiger partial charge >= 0.3 is 6.03 Å². The van der Waals surface area contributed by atoms with E-state index in [9.17, 15) is 9.90 Å². The largest absolute Gasteiger partial charge is 0.394 e. The first-order chi connectivity index (χ1) is 10.8. The van der Waals surface area contributed by atoms with Gasteiger partial charge in [-0.1, -0.05) is 29.5 Å². The lowest BCUT2D eigenvalue weighted by atomic mass is 10.1. The summed E-state index contributed by atoms with van der Waals surface area (Å²) in [4.78, 5) is 15.1. The highest BCUT2D eigenvalue weighted by Crippen LogP contribution is 2.19. The fraction of sp³-hybridized carbons (Fsp3) is 0.214. The summed E-state index contributed by atoms with van der Waals surface area (Å²) >= 11 is 1.23. The number of aromatic nitrogens is 3.